The van der Waals surface area contributed by atoms with Gasteiger partial charge in [-0.1, -0.05) is 44.2 Å². The van der Waals surface area contributed by atoms with Crippen molar-refractivity contribution >= 4 is 11.9 Å². The summed E-state index contributed by atoms with van der Waals surface area (Å²) in [5, 5.41) is 4.93. The van der Waals surface area contributed by atoms with E-state index in [1.165, 1.54) is 0 Å². The van der Waals surface area contributed by atoms with Crippen molar-refractivity contribution in [3.8, 4) is 0 Å². The average Bonchev–Trinajstić information content (AvgIpc) is 2.56. The number of ether oxygens (including phenoxy) is 1. The van der Waals surface area contributed by atoms with Crippen LogP contribution in [0.25, 0.3) is 0 Å². The van der Waals surface area contributed by atoms with Crippen molar-refractivity contribution in [3.63, 3.8) is 0 Å². The monoisotopic (exact) mass is 416 g/mol. The first-order valence-corrected chi connectivity index (χ1v) is 9.64. The van der Waals surface area contributed by atoms with Crippen LogP contribution < -0.4 is 10.6 Å². The lowest BCUT2D eigenvalue weighted by Gasteiger charge is -2.27. The fraction of sp³-hybridized carbons (Fsp3) is 0.619. The van der Waals surface area contributed by atoms with E-state index >= 15 is 0 Å². The van der Waals surface area contributed by atoms with Gasteiger partial charge in [0, 0.05) is 13.1 Å². The van der Waals surface area contributed by atoms with E-state index in [1.54, 1.807) is 51.1 Å². The predicted octanol–water partition coefficient (Wildman–Crippen LogP) is 3.83. The Kier molecular flexibility index (Phi) is 9.14. The first kappa shape index (κ1) is 24.9. The summed E-state index contributed by atoms with van der Waals surface area (Å²) in [5.74, 6) is -4.27. The molecule has 0 aliphatic rings. The van der Waals surface area contributed by atoms with Gasteiger partial charge < -0.3 is 15.4 Å². The minimum absolute atomic E-state index is 0.0200. The fourth-order valence-corrected chi connectivity index (χ4v) is 2.64. The molecule has 0 bridgehead atoms. The number of nitrogens with one attached hydrogen (secondary N) is 2. The summed E-state index contributed by atoms with van der Waals surface area (Å²) in [6.07, 6.45) is -4.56. The Morgan fingerprint density at radius 2 is 1.66 bits per heavy atom. The number of hydrogen-bond donors (Lipinski definition) is 2. The highest BCUT2D eigenvalue weighted by atomic mass is 19.4. The van der Waals surface area contributed by atoms with Crippen LogP contribution in [-0.2, 0) is 20.9 Å². The Labute approximate surface area is 170 Å². The molecule has 2 N–H and O–H groups in total. The van der Waals surface area contributed by atoms with Crippen molar-refractivity contribution in [2.24, 2.45) is 11.8 Å². The molecule has 1 amide bonds. The largest absolute Gasteiger partial charge is 0.458 e. The van der Waals surface area contributed by atoms with Gasteiger partial charge >= 0.3 is 12.1 Å². The van der Waals surface area contributed by atoms with Crippen molar-refractivity contribution in [2.45, 2.75) is 65.4 Å². The summed E-state index contributed by atoms with van der Waals surface area (Å²) in [5.41, 5.74) is -0.00202. The van der Waals surface area contributed by atoms with Crippen LogP contribution >= 0.6 is 0 Å². The van der Waals surface area contributed by atoms with Crippen LogP contribution in [0.4, 0.5) is 13.2 Å². The van der Waals surface area contributed by atoms with E-state index in [-0.39, 0.29) is 18.9 Å². The molecule has 29 heavy (non-hydrogen) atoms. The summed E-state index contributed by atoms with van der Waals surface area (Å²) in [6.45, 7) is 8.20. The Morgan fingerprint density at radius 3 is 2.14 bits per heavy atom. The Bertz CT molecular complexity index is 655. The van der Waals surface area contributed by atoms with Crippen LogP contribution in [0.3, 0.4) is 0 Å². The molecule has 0 saturated heterocycles. The molecular formula is C21H31F3N2O3. The number of hydrogen-bond acceptors (Lipinski definition) is 4. The standard InChI is InChI=1S/C21H31F3N2O3/c1-14(2)11-17(19(28)29-20(3,4)5)26-18(27)16(21(22,23)24)13-25-12-15-9-7-6-8-10-15/h6-10,14,16-17,25H,11-13H2,1-5H3,(H,26,27)/t16-,17-/m0/s1. The third-order valence-corrected chi connectivity index (χ3v) is 3.95. The highest BCUT2D eigenvalue weighted by Gasteiger charge is 2.45. The molecule has 0 saturated carbocycles. The molecule has 0 radical (unpaired) electrons. The maximum atomic E-state index is 13.5. The van der Waals surface area contributed by atoms with E-state index in [4.69, 9.17) is 4.74 Å². The number of esters is 1. The quantitative estimate of drug-likeness (QED) is 0.601. The minimum Gasteiger partial charge on any atom is -0.458 e. The van der Waals surface area contributed by atoms with Crippen LogP contribution in [0, 0.1) is 11.8 Å². The van der Waals surface area contributed by atoms with Gasteiger partial charge in [-0.15, -0.1) is 0 Å². The van der Waals surface area contributed by atoms with Crippen molar-refractivity contribution < 1.29 is 27.5 Å². The van der Waals surface area contributed by atoms with Crippen LogP contribution in [-0.4, -0.2) is 36.2 Å². The lowest BCUT2D eigenvalue weighted by Crippen LogP contribution is -2.51. The van der Waals surface area contributed by atoms with E-state index < -0.39 is 42.2 Å². The zero-order valence-electron chi connectivity index (χ0n) is 17.6. The third kappa shape index (κ3) is 9.78. The van der Waals surface area contributed by atoms with E-state index in [2.05, 4.69) is 10.6 Å². The van der Waals surface area contributed by atoms with Gasteiger partial charge in [-0.05, 0) is 38.7 Å². The lowest BCUT2D eigenvalue weighted by molar-refractivity contribution is -0.183. The summed E-state index contributed by atoms with van der Waals surface area (Å²) < 4.78 is 45.6. The van der Waals surface area contributed by atoms with Crippen molar-refractivity contribution in [1.82, 2.24) is 10.6 Å². The van der Waals surface area contributed by atoms with E-state index in [0.29, 0.717) is 0 Å². The van der Waals surface area contributed by atoms with E-state index in [1.807, 2.05) is 13.8 Å². The van der Waals surface area contributed by atoms with Crippen LogP contribution in [0.5, 0.6) is 0 Å². The van der Waals surface area contributed by atoms with Gasteiger partial charge in [0.15, 0.2) is 0 Å². The lowest BCUT2D eigenvalue weighted by atomic mass is 10.0. The van der Waals surface area contributed by atoms with E-state index in [9.17, 15) is 22.8 Å². The predicted molar refractivity (Wildman–Crippen MR) is 105 cm³/mol. The molecule has 0 aromatic heterocycles. The smallest absolute Gasteiger partial charge is 0.401 e. The molecule has 0 aliphatic carbocycles. The first-order valence-electron chi connectivity index (χ1n) is 9.64. The second-order valence-corrected chi connectivity index (χ2v) is 8.43. The number of halogens is 3. The van der Waals surface area contributed by atoms with Crippen molar-refractivity contribution in [1.29, 1.82) is 0 Å². The third-order valence-electron chi connectivity index (χ3n) is 3.95. The van der Waals surface area contributed by atoms with Crippen LogP contribution in [0.1, 0.15) is 46.6 Å². The molecule has 0 unspecified atom stereocenters. The molecule has 0 heterocycles. The van der Waals surface area contributed by atoms with Gasteiger partial charge in [0.1, 0.15) is 17.6 Å². The molecule has 5 nitrogen and oxygen atoms in total. The average molecular weight is 416 g/mol. The molecule has 164 valence electrons. The first-order chi connectivity index (χ1) is 13.3. The fourth-order valence-electron chi connectivity index (χ4n) is 2.64. The Balaban J connectivity index is 2.82. The normalized spacial score (nSPS) is 14.4. The van der Waals surface area contributed by atoms with Gasteiger partial charge in [0.05, 0.1) is 0 Å². The molecule has 1 aromatic rings. The molecule has 0 spiro atoms. The zero-order valence-corrected chi connectivity index (χ0v) is 17.6. The van der Waals surface area contributed by atoms with Gasteiger partial charge in [0.25, 0.3) is 0 Å². The number of benzene rings is 1. The maximum absolute atomic E-state index is 13.5. The SMILES string of the molecule is CC(C)C[C@H](NC(=O)[C@H](CNCc1ccccc1)C(F)(F)F)C(=O)OC(C)(C)C. The van der Waals surface area contributed by atoms with Gasteiger partial charge in [-0.2, -0.15) is 13.2 Å². The maximum Gasteiger partial charge on any atom is 0.401 e. The molecular weight excluding hydrogens is 385 g/mol. The second kappa shape index (κ2) is 10.6. The summed E-state index contributed by atoms with van der Waals surface area (Å²) in [4.78, 5) is 24.8. The topological polar surface area (TPSA) is 67.4 Å². The number of carbonyl (C=O) groups is 2. The molecule has 8 heteroatoms. The highest BCUT2D eigenvalue weighted by molar-refractivity contribution is 5.86. The Morgan fingerprint density at radius 1 is 1.07 bits per heavy atom. The van der Waals surface area contributed by atoms with Gasteiger partial charge in [-0.25, -0.2) is 4.79 Å². The highest BCUT2D eigenvalue weighted by Crippen LogP contribution is 2.26. The number of carbonyl (C=O) groups excluding carboxylic acids is 2. The molecule has 0 aliphatic heterocycles. The van der Waals surface area contributed by atoms with E-state index in [0.717, 1.165) is 5.56 Å². The number of amides is 1. The Hall–Kier alpha value is -2.09. The minimum atomic E-state index is -4.75. The second-order valence-electron chi connectivity index (χ2n) is 8.43. The number of rotatable bonds is 9. The van der Waals surface area contributed by atoms with Crippen molar-refractivity contribution in [3.05, 3.63) is 35.9 Å². The summed E-state index contributed by atoms with van der Waals surface area (Å²) in [6, 6.07) is 7.78. The van der Waals surface area contributed by atoms with Crippen molar-refractivity contribution in [2.75, 3.05) is 6.54 Å². The molecule has 1 rings (SSSR count). The van der Waals surface area contributed by atoms with Crippen LogP contribution in [0.2, 0.25) is 0 Å². The van der Waals surface area contributed by atoms with Gasteiger partial charge in [-0.3, -0.25) is 4.79 Å². The molecule has 1 aromatic carbocycles. The van der Waals surface area contributed by atoms with Gasteiger partial charge in [0.2, 0.25) is 5.91 Å². The molecule has 2 atom stereocenters. The number of alkyl halides is 3. The summed E-state index contributed by atoms with van der Waals surface area (Å²) >= 11 is 0. The van der Waals surface area contributed by atoms with Crippen LogP contribution in [0.15, 0.2) is 30.3 Å². The summed E-state index contributed by atoms with van der Waals surface area (Å²) in [7, 11) is 0. The zero-order chi connectivity index (χ0) is 22.2. The molecule has 0 fully saturated rings.